The van der Waals surface area contributed by atoms with Gasteiger partial charge in [-0.25, -0.2) is 14.4 Å². The molecule has 1 aliphatic heterocycles. The molecular formula is C30H35FN6O3. The Hall–Kier alpha value is -4.02. The van der Waals surface area contributed by atoms with Crippen molar-refractivity contribution >= 4 is 34.4 Å². The van der Waals surface area contributed by atoms with Crippen LogP contribution in [0.25, 0.3) is 11.0 Å². The third-order valence-corrected chi connectivity index (χ3v) is 6.94. The SMILES string of the molecule is CC(C)c1cc(Nc2nc3cc(Oc4ccnc(NC(=O)CCCN5CCOCC5)c4)ccc3n2C)ccc1F. The molecule has 0 saturated carbocycles. The number of ether oxygens (including phenoxy) is 2. The first kappa shape index (κ1) is 27.5. The second-order valence-corrected chi connectivity index (χ2v) is 10.2. The molecule has 1 fully saturated rings. The Kier molecular flexibility index (Phi) is 8.57. The van der Waals surface area contributed by atoms with E-state index in [4.69, 9.17) is 14.5 Å². The van der Waals surface area contributed by atoms with Gasteiger partial charge in [-0.2, -0.15) is 0 Å². The van der Waals surface area contributed by atoms with E-state index in [2.05, 4.69) is 20.5 Å². The van der Waals surface area contributed by atoms with Crippen LogP contribution >= 0.6 is 0 Å². The zero-order chi connectivity index (χ0) is 28.1. The predicted molar refractivity (Wildman–Crippen MR) is 154 cm³/mol. The Morgan fingerprint density at radius 3 is 2.70 bits per heavy atom. The Morgan fingerprint density at radius 2 is 1.90 bits per heavy atom. The molecule has 0 bridgehead atoms. The molecule has 0 atom stereocenters. The maximum Gasteiger partial charge on any atom is 0.225 e. The first-order valence-corrected chi connectivity index (χ1v) is 13.6. The summed E-state index contributed by atoms with van der Waals surface area (Å²) in [7, 11) is 1.92. The fourth-order valence-corrected chi connectivity index (χ4v) is 4.72. The lowest BCUT2D eigenvalue weighted by atomic mass is 10.0. The predicted octanol–water partition coefficient (Wildman–Crippen LogP) is 5.82. The number of amides is 1. The van der Waals surface area contributed by atoms with Gasteiger partial charge in [0.25, 0.3) is 0 Å². The summed E-state index contributed by atoms with van der Waals surface area (Å²) in [5, 5.41) is 6.16. The van der Waals surface area contributed by atoms with Crippen molar-refractivity contribution in [1.29, 1.82) is 0 Å². The Labute approximate surface area is 233 Å². The van der Waals surface area contributed by atoms with Crippen molar-refractivity contribution in [2.45, 2.75) is 32.6 Å². The van der Waals surface area contributed by atoms with Crippen LogP contribution in [0.5, 0.6) is 11.5 Å². The van der Waals surface area contributed by atoms with Crippen LogP contribution in [-0.2, 0) is 16.6 Å². The Bertz CT molecular complexity index is 1480. The normalized spacial score (nSPS) is 14.0. The van der Waals surface area contributed by atoms with Crippen molar-refractivity contribution in [3.63, 3.8) is 0 Å². The second kappa shape index (κ2) is 12.4. The first-order chi connectivity index (χ1) is 19.4. The average molecular weight is 547 g/mol. The minimum atomic E-state index is -0.213. The zero-order valence-corrected chi connectivity index (χ0v) is 23.1. The lowest BCUT2D eigenvalue weighted by Gasteiger charge is -2.26. The highest BCUT2D eigenvalue weighted by atomic mass is 19.1. The summed E-state index contributed by atoms with van der Waals surface area (Å²) in [5.41, 5.74) is 3.09. The van der Waals surface area contributed by atoms with Crippen molar-refractivity contribution in [2.75, 3.05) is 43.5 Å². The number of hydrogen-bond donors (Lipinski definition) is 2. The van der Waals surface area contributed by atoms with Gasteiger partial charge >= 0.3 is 0 Å². The number of nitrogens with one attached hydrogen (secondary N) is 2. The summed E-state index contributed by atoms with van der Waals surface area (Å²) in [6.07, 6.45) is 2.81. The van der Waals surface area contributed by atoms with Crippen LogP contribution in [-0.4, -0.2) is 58.2 Å². The van der Waals surface area contributed by atoms with Gasteiger partial charge in [0, 0.05) is 50.6 Å². The lowest BCUT2D eigenvalue weighted by Crippen LogP contribution is -2.37. The van der Waals surface area contributed by atoms with Crippen LogP contribution in [0.4, 0.5) is 21.8 Å². The molecule has 0 spiro atoms. The molecule has 3 heterocycles. The number of aromatic nitrogens is 3. The number of benzene rings is 2. The van der Waals surface area contributed by atoms with E-state index in [0.29, 0.717) is 35.2 Å². The molecule has 0 radical (unpaired) electrons. The van der Waals surface area contributed by atoms with E-state index in [-0.39, 0.29) is 17.6 Å². The number of carbonyl (C=O) groups is 1. The smallest absolute Gasteiger partial charge is 0.225 e. The number of carbonyl (C=O) groups excluding carboxylic acids is 1. The molecule has 210 valence electrons. The van der Waals surface area contributed by atoms with E-state index < -0.39 is 0 Å². The van der Waals surface area contributed by atoms with E-state index >= 15 is 0 Å². The van der Waals surface area contributed by atoms with Gasteiger partial charge in [-0.1, -0.05) is 13.8 Å². The van der Waals surface area contributed by atoms with E-state index in [9.17, 15) is 9.18 Å². The number of aryl methyl sites for hydroxylation is 1. The van der Waals surface area contributed by atoms with Crippen LogP contribution in [0, 0.1) is 5.82 Å². The highest BCUT2D eigenvalue weighted by Crippen LogP contribution is 2.30. The van der Waals surface area contributed by atoms with E-state index in [1.165, 1.54) is 6.07 Å². The minimum Gasteiger partial charge on any atom is -0.457 e. The Balaban J connectivity index is 1.22. The number of pyridine rings is 1. The monoisotopic (exact) mass is 546 g/mol. The Morgan fingerprint density at radius 1 is 1.10 bits per heavy atom. The molecule has 4 aromatic rings. The summed E-state index contributed by atoms with van der Waals surface area (Å²) in [6, 6.07) is 14.1. The standard InChI is InChI=1S/C30H35FN6O3/c1-20(2)24-17-21(6-8-25(24)31)33-30-34-26-18-22(7-9-27(26)36(30)3)40-23-10-11-32-28(19-23)35-29(38)5-4-12-37-13-15-39-16-14-37/h6-11,17-20H,4-5,12-16H2,1-3H3,(H,33,34)(H,32,35,38). The number of imidazole rings is 1. The molecule has 40 heavy (non-hydrogen) atoms. The van der Waals surface area contributed by atoms with Gasteiger partial charge in [0.05, 0.1) is 24.2 Å². The quantitative estimate of drug-likeness (QED) is 0.259. The zero-order valence-electron chi connectivity index (χ0n) is 23.1. The number of anilines is 3. The third-order valence-electron chi connectivity index (χ3n) is 6.94. The third kappa shape index (κ3) is 6.75. The van der Waals surface area contributed by atoms with Crippen LogP contribution in [0.1, 0.15) is 38.2 Å². The molecule has 9 nitrogen and oxygen atoms in total. The highest BCUT2D eigenvalue weighted by Gasteiger charge is 2.14. The largest absolute Gasteiger partial charge is 0.457 e. The van der Waals surface area contributed by atoms with Gasteiger partial charge in [0.15, 0.2) is 0 Å². The molecule has 5 rings (SSSR count). The van der Waals surface area contributed by atoms with Gasteiger partial charge in [-0.15, -0.1) is 0 Å². The first-order valence-electron chi connectivity index (χ1n) is 13.6. The number of morpholine rings is 1. The van der Waals surface area contributed by atoms with Crippen molar-refractivity contribution in [2.24, 2.45) is 7.05 Å². The number of fused-ring (bicyclic) bond motifs is 1. The summed E-state index contributed by atoms with van der Waals surface area (Å²) >= 11 is 0. The van der Waals surface area contributed by atoms with Gasteiger partial charge < -0.3 is 24.7 Å². The second-order valence-electron chi connectivity index (χ2n) is 10.2. The summed E-state index contributed by atoms with van der Waals surface area (Å²) in [4.78, 5) is 23.7. The van der Waals surface area contributed by atoms with Gasteiger partial charge in [0.2, 0.25) is 11.9 Å². The fourth-order valence-electron chi connectivity index (χ4n) is 4.72. The summed E-state index contributed by atoms with van der Waals surface area (Å²) in [6.45, 7) is 8.14. The van der Waals surface area contributed by atoms with Gasteiger partial charge in [-0.3, -0.25) is 9.69 Å². The number of halogens is 1. The molecular weight excluding hydrogens is 511 g/mol. The van der Waals surface area contributed by atoms with Crippen LogP contribution in [0.3, 0.4) is 0 Å². The minimum absolute atomic E-state index is 0.0734. The maximum absolute atomic E-state index is 14.1. The van der Waals surface area contributed by atoms with Gasteiger partial charge in [0.1, 0.15) is 23.1 Å². The van der Waals surface area contributed by atoms with Crippen molar-refractivity contribution in [3.05, 3.63) is 66.1 Å². The molecule has 1 saturated heterocycles. The lowest BCUT2D eigenvalue weighted by molar-refractivity contribution is -0.116. The van der Waals surface area contributed by atoms with Crippen molar-refractivity contribution in [3.8, 4) is 11.5 Å². The highest BCUT2D eigenvalue weighted by molar-refractivity contribution is 5.89. The maximum atomic E-state index is 14.1. The molecule has 1 amide bonds. The number of nitrogens with zero attached hydrogens (tertiary/aromatic N) is 4. The number of hydrogen-bond acceptors (Lipinski definition) is 7. The molecule has 2 aromatic carbocycles. The molecule has 0 unspecified atom stereocenters. The fraction of sp³-hybridized carbons (Fsp3) is 0.367. The molecule has 2 N–H and O–H groups in total. The van der Waals surface area contributed by atoms with Crippen LogP contribution in [0.15, 0.2) is 54.7 Å². The summed E-state index contributed by atoms with van der Waals surface area (Å²) in [5.74, 6) is 2.03. The van der Waals surface area contributed by atoms with E-state index in [1.807, 2.05) is 49.7 Å². The molecule has 0 aliphatic carbocycles. The average Bonchev–Trinajstić information content (AvgIpc) is 3.24. The van der Waals surface area contributed by atoms with E-state index in [0.717, 1.165) is 56.0 Å². The van der Waals surface area contributed by atoms with Gasteiger partial charge in [-0.05, 0) is 60.8 Å². The summed E-state index contributed by atoms with van der Waals surface area (Å²) < 4.78 is 27.5. The molecule has 1 aliphatic rings. The molecule has 2 aromatic heterocycles. The molecule has 10 heteroatoms. The van der Waals surface area contributed by atoms with Crippen LogP contribution < -0.4 is 15.4 Å². The van der Waals surface area contributed by atoms with Crippen molar-refractivity contribution < 1.29 is 18.7 Å². The van der Waals surface area contributed by atoms with E-state index in [1.54, 1.807) is 24.4 Å². The number of rotatable bonds is 10. The van der Waals surface area contributed by atoms with Crippen LogP contribution in [0.2, 0.25) is 0 Å². The van der Waals surface area contributed by atoms with Crippen molar-refractivity contribution in [1.82, 2.24) is 19.4 Å². The topological polar surface area (TPSA) is 93.5 Å².